The summed E-state index contributed by atoms with van der Waals surface area (Å²) in [6.45, 7) is 8.02. The second-order valence-corrected chi connectivity index (χ2v) is 2.68. The summed E-state index contributed by atoms with van der Waals surface area (Å²) in [6, 6.07) is 0. The first-order chi connectivity index (χ1) is 4.77. The van der Waals surface area contributed by atoms with Crippen LogP contribution in [0, 0.1) is 6.08 Å². The maximum Gasteiger partial charge on any atom is -0.00730 e. The van der Waals surface area contributed by atoms with Crippen molar-refractivity contribution in [3.63, 3.8) is 0 Å². The summed E-state index contributed by atoms with van der Waals surface area (Å²) in [7, 11) is 0. The van der Waals surface area contributed by atoms with Gasteiger partial charge in [0.25, 0.3) is 0 Å². The molecule has 0 atom stereocenters. The van der Waals surface area contributed by atoms with E-state index in [4.69, 9.17) is 0 Å². The van der Waals surface area contributed by atoms with Crippen LogP contribution in [0.4, 0.5) is 0 Å². The number of hydrogen-bond donors (Lipinski definition) is 0. The first-order valence-electron chi connectivity index (χ1n) is 3.96. The minimum Gasteiger partial charge on any atom is -0.0998 e. The van der Waals surface area contributed by atoms with Gasteiger partial charge in [-0.25, -0.2) is 0 Å². The Hall–Kier alpha value is -0.520. The Kier molecular flexibility index (Phi) is 6.25. The van der Waals surface area contributed by atoms with Crippen LogP contribution in [0.15, 0.2) is 18.2 Å². The van der Waals surface area contributed by atoms with E-state index in [-0.39, 0.29) is 0 Å². The van der Waals surface area contributed by atoms with Crippen LogP contribution >= 0.6 is 0 Å². The topological polar surface area (TPSA) is 0 Å². The van der Waals surface area contributed by atoms with Crippen LogP contribution in [-0.2, 0) is 0 Å². The van der Waals surface area contributed by atoms with Crippen LogP contribution in [0.5, 0.6) is 0 Å². The van der Waals surface area contributed by atoms with E-state index in [0.717, 1.165) is 6.42 Å². The average molecular weight is 137 g/mol. The van der Waals surface area contributed by atoms with Gasteiger partial charge in [-0.2, -0.15) is 0 Å². The fourth-order valence-electron chi connectivity index (χ4n) is 0.655. The number of allylic oxidation sites excluding steroid dienone is 3. The molecule has 1 radical (unpaired) electrons. The molecule has 0 aliphatic rings. The fourth-order valence-corrected chi connectivity index (χ4v) is 0.655. The molecule has 0 aromatic heterocycles. The van der Waals surface area contributed by atoms with Gasteiger partial charge < -0.3 is 0 Å². The second-order valence-electron chi connectivity index (χ2n) is 2.68. The van der Waals surface area contributed by atoms with Crippen molar-refractivity contribution < 1.29 is 0 Å². The fraction of sp³-hybridized carbons (Fsp3) is 0.600. The summed E-state index contributed by atoms with van der Waals surface area (Å²) in [4.78, 5) is 0. The zero-order valence-corrected chi connectivity index (χ0v) is 7.11. The van der Waals surface area contributed by atoms with Crippen molar-refractivity contribution >= 4 is 0 Å². The van der Waals surface area contributed by atoms with E-state index in [1.54, 1.807) is 0 Å². The van der Waals surface area contributed by atoms with E-state index in [2.05, 4.69) is 25.7 Å². The number of hydrogen-bond acceptors (Lipinski definition) is 0. The number of rotatable bonds is 5. The van der Waals surface area contributed by atoms with Gasteiger partial charge in [0.15, 0.2) is 0 Å². The molecular weight excluding hydrogens is 120 g/mol. The normalized spacial score (nSPS) is 10.6. The lowest BCUT2D eigenvalue weighted by atomic mass is 10.2. The zero-order valence-electron chi connectivity index (χ0n) is 7.11. The molecule has 0 N–H and O–H groups in total. The number of unbranched alkanes of at least 4 members (excludes halogenated alkanes) is 2. The van der Waals surface area contributed by atoms with Gasteiger partial charge in [0.1, 0.15) is 0 Å². The predicted octanol–water partition coefficient (Wildman–Crippen LogP) is 3.50. The van der Waals surface area contributed by atoms with E-state index in [0.29, 0.717) is 0 Å². The van der Waals surface area contributed by atoms with E-state index < -0.39 is 0 Å². The third kappa shape index (κ3) is 7.48. The lowest BCUT2D eigenvalue weighted by molar-refractivity contribution is 0.811. The van der Waals surface area contributed by atoms with E-state index in [1.807, 2.05) is 6.92 Å². The molecule has 0 bridgehead atoms. The summed E-state index contributed by atoms with van der Waals surface area (Å²) in [5.41, 5.74) is 1.19. The van der Waals surface area contributed by atoms with Crippen molar-refractivity contribution in [1.29, 1.82) is 0 Å². The Morgan fingerprint density at radius 2 is 2.30 bits per heavy atom. The van der Waals surface area contributed by atoms with Gasteiger partial charge in [-0.3, -0.25) is 0 Å². The van der Waals surface area contributed by atoms with Gasteiger partial charge >= 0.3 is 0 Å². The van der Waals surface area contributed by atoms with Gasteiger partial charge in [0.05, 0.1) is 0 Å². The molecule has 0 fully saturated rings. The maximum atomic E-state index is 3.79. The molecule has 0 aliphatic carbocycles. The van der Waals surface area contributed by atoms with Gasteiger partial charge in [0, 0.05) is 0 Å². The molecule has 0 heterocycles. The summed E-state index contributed by atoms with van der Waals surface area (Å²) in [5.74, 6) is 0. The summed E-state index contributed by atoms with van der Waals surface area (Å²) in [6.07, 6.45) is 9.96. The largest absolute Gasteiger partial charge is 0.0998 e. The highest BCUT2D eigenvalue weighted by Gasteiger charge is 1.80. The first kappa shape index (κ1) is 9.48. The SMILES string of the molecule is C=C(C)C/[C]=C/CCCC. The third-order valence-electron chi connectivity index (χ3n) is 1.25. The molecule has 0 heteroatoms. The highest BCUT2D eigenvalue weighted by atomic mass is 13.9. The molecule has 0 spiro atoms. The van der Waals surface area contributed by atoms with E-state index in [1.165, 1.54) is 24.8 Å². The first-order valence-corrected chi connectivity index (χ1v) is 3.96. The van der Waals surface area contributed by atoms with E-state index >= 15 is 0 Å². The molecule has 57 valence electrons. The molecule has 0 aromatic carbocycles. The molecule has 0 amide bonds. The monoisotopic (exact) mass is 137 g/mol. The van der Waals surface area contributed by atoms with Crippen molar-refractivity contribution in [2.24, 2.45) is 0 Å². The van der Waals surface area contributed by atoms with Gasteiger partial charge in [0.2, 0.25) is 0 Å². The Morgan fingerprint density at radius 3 is 2.80 bits per heavy atom. The summed E-state index contributed by atoms with van der Waals surface area (Å²) < 4.78 is 0. The van der Waals surface area contributed by atoms with Crippen molar-refractivity contribution in [2.45, 2.75) is 39.5 Å². The van der Waals surface area contributed by atoms with Crippen molar-refractivity contribution in [2.75, 3.05) is 0 Å². The van der Waals surface area contributed by atoms with Crippen LogP contribution in [-0.4, -0.2) is 0 Å². The molecule has 0 saturated heterocycles. The minimum atomic E-state index is 0.920. The summed E-state index contributed by atoms with van der Waals surface area (Å²) in [5, 5.41) is 0. The molecular formula is C10H17. The minimum absolute atomic E-state index is 0.920. The third-order valence-corrected chi connectivity index (χ3v) is 1.25. The highest BCUT2D eigenvalue weighted by molar-refractivity contribution is 4.93. The Labute approximate surface area is 64.6 Å². The van der Waals surface area contributed by atoms with E-state index in [9.17, 15) is 0 Å². The Bertz CT molecular complexity index is 109. The molecule has 0 rings (SSSR count). The van der Waals surface area contributed by atoms with Crippen molar-refractivity contribution in [3.8, 4) is 0 Å². The molecule has 0 saturated carbocycles. The van der Waals surface area contributed by atoms with Crippen LogP contribution in [0.1, 0.15) is 39.5 Å². The molecule has 0 aliphatic heterocycles. The van der Waals surface area contributed by atoms with Gasteiger partial charge in [-0.05, 0) is 25.8 Å². The van der Waals surface area contributed by atoms with Crippen molar-refractivity contribution in [1.82, 2.24) is 0 Å². The van der Waals surface area contributed by atoms with Crippen LogP contribution < -0.4 is 0 Å². The smallest absolute Gasteiger partial charge is 0.00730 e. The van der Waals surface area contributed by atoms with Crippen LogP contribution in [0.3, 0.4) is 0 Å². The van der Waals surface area contributed by atoms with Gasteiger partial charge in [-0.15, -0.1) is 0 Å². The summed E-state index contributed by atoms with van der Waals surface area (Å²) >= 11 is 0. The van der Waals surface area contributed by atoms with Crippen molar-refractivity contribution in [3.05, 3.63) is 24.3 Å². The second kappa shape index (κ2) is 6.60. The van der Waals surface area contributed by atoms with Gasteiger partial charge in [-0.1, -0.05) is 38.0 Å². The molecule has 0 nitrogen and oxygen atoms in total. The highest BCUT2D eigenvalue weighted by Crippen LogP contribution is 1.99. The Balaban J connectivity index is 3.12. The lowest BCUT2D eigenvalue weighted by Gasteiger charge is -1.89. The predicted molar refractivity (Wildman–Crippen MR) is 46.8 cm³/mol. The Morgan fingerprint density at radius 1 is 1.60 bits per heavy atom. The maximum absolute atomic E-state index is 3.79. The lowest BCUT2D eigenvalue weighted by Crippen LogP contribution is -1.70. The average Bonchev–Trinajstić information content (AvgIpc) is 1.87. The molecule has 0 aromatic rings. The van der Waals surface area contributed by atoms with Crippen LogP contribution in [0.25, 0.3) is 0 Å². The molecule has 10 heavy (non-hydrogen) atoms. The zero-order chi connectivity index (χ0) is 7.82. The standard InChI is InChI=1S/C10H17/c1-4-5-6-7-8-9-10(2)3/h7H,2,4-6,9H2,1,3H3. The quantitative estimate of drug-likeness (QED) is 0.402. The molecule has 0 unspecified atom stereocenters. The van der Waals surface area contributed by atoms with Crippen LogP contribution in [0.2, 0.25) is 0 Å².